The van der Waals surface area contributed by atoms with Crippen LogP contribution in [0.4, 0.5) is 0 Å². The number of rotatable bonds is 13. The molecule has 2 N–H and O–H groups in total. The molecule has 0 aliphatic heterocycles. The van der Waals surface area contributed by atoms with E-state index in [0.29, 0.717) is 52.1 Å². The second kappa shape index (κ2) is 10.6. The number of carboxylic acid groups (broad SMARTS) is 2. The van der Waals surface area contributed by atoms with Crippen LogP contribution in [0.15, 0.2) is 0 Å². The summed E-state index contributed by atoms with van der Waals surface area (Å²) in [7, 11) is 0. The second-order valence-corrected chi connectivity index (χ2v) is 4.73. The first-order valence-corrected chi connectivity index (χ1v) is 7.09. The van der Waals surface area contributed by atoms with Gasteiger partial charge in [-0.05, 0) is 39.5 Å². The molecule has 6 heteroatoms. The van der Waals surface area contributed by atoms with E-state index in [4.69, 9.17) is 14.6 Å². The maximum Gasteiger partial charge on any atom is 0.309 e. The molecule has 0 aromatic heterocycles. The molecule has 0 fully saturated rings. The summed E-state index contributed by atoms with van der Waals surface area (Å²) in [6, 6.07) is 0. The molecule has 0 saturated carbocycles. The molecular formula is C14H26O6. The van der Waals surface area contributed by atoms with Crippen molar-refractivity contribution in [1.82, 2.24) is 0 Å². The second-order valence-electron chi connectivity index (χ2n) is 4.73. The third-order valence-corrected chi connectivity index (χ3v) is 3.36. The molecule has 0 spiro atoms. The van der Waals surface area contributed by atoms with E-state index in [9.17, 15) is 14.7 Å². The van der Waals surface area contributed by atoms with Crippen LogP contribution in [0.1, 0.15) is 46.0 Å². The van der Waals surface area contributed by atoms with Gasteiger partial charge in [0.1, 0.15) is 0 Å². The molecule has 0 atom stereocenters. The molecule has 0 unspecified atom stereocenters. The Balaban J connectivity index is 4.63. The summed E-state index contributed by atoms with van der Waals surface area (Å²) in [5, 5.41) is 18.2. The normalized spacial score (nSPS) is 11.5. The highest BCUT2D eigenvalue weighted by atomic mass is 16.5. The van der Waals surface area contributed by atoms with E-state index in [1.807, 2.05) is 13.8 Å². The molecule has 0 aliphatic rings. The van der Waals surface area contributed by atoms with Crippen molar-refractivity contribution in [3.05, 3.63) is 0 Å². The molecule has 20 heavy (non-hydrogen) atoms. The van der Waals surface area contributed by atoms with Crippen LogP contribution in [0.2, 0.25) is 0 Å². The van der Waals surface area contributed by atoms with Gasteiger partial charge in [-0.3, -0.25) is 9.59 Å². The number of aliphatic carboxylic acids is 2. The van der Waals surface area contributed by atoms with Gasteiger partial charge in [-0.1, -0.05) is 0 Å². The summed E-state index contributed by atoms with van der Waals surface area (Å²) in [6.45, 7) is 5.51. The third-order valence-electron chi connectivity index (χ3n) is 3.36. The molecule has 0 saturated heterocycles. The summed E-state index contributed by atoms with van der Waals surface area (Å²) in [4.78, 5) is 22.2. The van der Waals surface area contributed by atoms with Crippen LogP contribution in [0.25, 0.3) is 0 Å². The number of hydrogen-bond donors (Lipinski definition) is 2. The van der Waals surface area contributed by atoms with Gasteiger partial charge in [-0.2, -0.15) is 0 Å². The van der Waals surface area contributed by atoms with Gasteiger partial charge in [0.05, 0.1) is 5.41 Å². The molecular weight excluding hydrogens is 264 g/mol. The Hall–Kier alpha value is -1.14. The van der Waals surface area contributed by atoms with Crippen LogP contribution in [0.3, 0.4) is 0 Å². The van der Waals surface area contributed by atoms with Gasteiger partial charge in [0.2, 0.25) is 0 Å². The topological polar surface area (TPSA) is 93.1 Å². The standard InChI is InChI=1S/C14H26O6/c1-3-19-10-8-14(13(17)18,9-11-20-4-2)7-5-6-12(15)16/h3-11H2,1-2H3,(H,15,16)(H,17,18). The molecule has 0 aromatic rings. The first-order chi connectivity index (χ1) is 9.48. The zero-order valence-electron chi connectivity index (χ0n) is 12.4. The van der Waals surface area contributed by atoms with Gasteiger partial charge in [0.25, 0.3) is 0 Å². The Morgan fingerprint density at radius 3 is 1.80 bits per heavy atom. The molecule has 0 rings (SSSR count). The van der Waals surface area contributed by atoms with E-state index in [1.54, 1.807) is 0 Å². The molecule has 0 aromatic carbocycles. The Kier molecular flexibility index (Phi) is 10.0. The van der Waals surface area contributed by atoms with Gasteiger partial charge >= 0.3 is 11.9 Å². The average molecular weight is 290 g/mol. The summed E-state index contributed by atoms with van der Waals surface area (Å²) in [5.74, 6) is -1.80. The lowest BCUT2D eigenvalue weighted by molar-refractivity contribution is -0.153. The van der Waals surface area contributed by atoms with Gasteiger partial charge in [0, 0.05) is 32.8 Å². The summed E-state index contributed by atoms with van der Waals surface area (Å²) in [6.07, 6.45) is 1.42. The van der Waals surface area contributed by atoms with Crippen LogP contribution in [0, 0.1) is 5.41 Å². The zero-order valence-corrected chi connectivity index (χ0v) is 12.4. The van der Waals surface area contributed by atoms with Crippen molar-refractivity contribution in [3.63, 3.8) is 0 Å². The quantitative estimate of drug-likeness (QED) is 0.505. The molecule has 0 heterocycles. The maximum atomic E-state index is 11.6. The minimum Gasteiger partial charge on any atom is -0.481 e. The fourth-order valence-corrected chi connectivity index (χ4v) is 2.10. The molecule has 118 valence electrons. The number of carbonyl (C=O) groups is 2. The third kappa shape index (κ3) is 7.45. The summed E-state index contributed by atoms with van der Waals surface area (Å²) >= 11 is 0. The SMILES string of the molecule is CCOCCC(CCCC(=O)O)(CCOCC)C(=O)O. The van der Waals surface area contributed by atoms with Crippen molar-refractivity contribution in [2.75, 3.05) is 26.4 Å². The Morgan fingerprint density at radius 2 is 1.45 bits per heavy atom. The maximum absolute atomic E-state index is 11.6. The first-order valence-electron chi connectivity index (χ1n) is 7.09. The molecule has 0 radical (unpaired) electrons. The van der Waals surface area contributed by atoms with Crippen molar-refractivity contribution < 1.29 is 29.3 Å². The van der Waals surface area contributed by atoms with E-state index in [2.05, 4.69) is 0 Å². The van der Waals surface area contributed by atoms with Crippen molar-refractivity contribution in [2.45, 2.75) is 46.0 Å². The molecule has 0 aliphatic carbocycles. The van der Waals surface area contributed by atoms with Gasteiger partial charge in [-0.25, -0.2) is 0 Å². The van der Waals surface area contributed by atoms with E-state index in [-0.39, 0.29) is 6.42 Å². The van der Waals surface area contributed by atoms with Crippen LogP contribution in [0.5, 0.6) is 0 Å². The Morgan fingerprint density at radius 1 is 0.950 bits per heavy atom. The zero-order chi connectivity index (χ0) is 15.4. The van der Waals surface area contributed by atoms with Crippen molar-refractivity contribution in [2.24, 2.45) is 5.41 Å². The van der Waals surface area contributed by atoms with E-state index < -0.39 is 17.4 Å². The van der Waals surface area contributed by atoms with Crippen LogP contribution in [-0.4, -0.2) is 48.6 Å². The van der Waals surface area contributed by atoms with Gasteiger partial charge < -0.3 is 19.7 Å². The van der Waals surface area contributed by atoms with Crippen molar-refractivity contribution >= 4 is 11.9 Å². The van der Waals surface area contributed by atoms with Gasteiger partial charge in [0.15, 0.2) is 0 Å². The van der Waals surface area contributed by atoms with Crippen LogP contribution >= 0.6 is 0 Å². The molecule has 6 nitrogen and oxygen atoms in total. The molecule has 0 bridgehead atoms. The highest BCUT2D eigenvalue weighted by molar-refractivity contribution is 5.74. The highest BCUT2D eigenvalue weighted by Gasteiger charge is 2.37. The minimum absolute atomic E-state index is 0.0156. The van der Waals surface area contributed by atoms with E-state index in [1.165, 1.54) is 0 Å². The first kappa shape index (κ1) is 18.9. The number of hydrogen-bond acceptors (Lipinski definition) is 4. The molecule has 0 amide bonds. The summed E-state index contributed by atoms with van der Waals surface area (Å²) < 4.78 is 10.5. The number of carboxylic acids is 2. The Labute approximate surface area is 120 Å². The highest BCUT2D eigenvalue weighted by Crippen LogP contribution is 2.33. The Bertz CT molecular complexity index is 279. The van der Waals surface area contributed by atoms with Gasteiger partial charge in [-0.15, -0.1) is 0 Å². The predicted octanol–water partition coefficient (Wildman–Crippen LogP) is 2.17. The minimum atomic E-state index is -0.959. The van der Waals surface area contributed by atoms with Crippen molar-refractivity contribution in [3.8, 4) is 0 Å². The lowest BCUT2D eigenvalue weighted by Crippen LogP contribution is -2.34. The smallest absolute Gasteiger partial charge is 0.309 e. The van der Waals surface area contributed by atoms with E-state index in [0.717, 1.165) is 0 Å². The van der Waals surface area contributed by atoms with E-state index >= 15 is 0 Å². The lowest BCUT2D eigenvalue weighted by atomic mass is 9.77. The lowest BCUT2D eigenvalue weighted by Gasteiger charge is -2.29. The van der Waals surface area contributed by atoms with Crippen LogP contribution in [-0.2, 0) is 19.1 Å². The monoisotopic (exact) mass is 290 g/mol. The number of ether oxygens (including phenoxy) is 2. The largest absolute Gasteiger partial charge is 0.481 e. The fraction of sp³-hybridized carbons (Fsp3) is 0.857. The predicted molar refractivity (Wildman–Crippen MR) is 73.8 cm³/mol. The van der Waals surface area contributed by atoms with Crippen molar-refractivity contribution in [1.29, 1.82) is 0 Å². The average Bonchev–Trinajstić information content (AvgIpc) is 2.38. The fourth-order valence-electron chi connectivity index (χ4n) is 2.10. The summed E-state index contributed by atoms with van der Waals surface area (Å²) in [5.41, 5.74) is -0.959. The van der Waals surface area contributed by atoms with Crippen LogP contribution < -0.4 is 0 Å².